The second-order valence-electron chi connectivity index (χ2n) is 4.12. The van der Waals surface area contributed by atoms with E-state index in [1.807, 2.05) is 12.1 Å². The van der Waals surface area contributed by atoms with Crippen LogP contribution in [0.3, 0.4) is 0 Å². The fourth-order valence-electron chi connectivity index (χ4n) is 2.04. The van der Waals surface area contributed by atoms with Crippen molar-refractivity contribution < 1.29 is 9.15 Å². The van der Waals surface area contributed by atoms with Crippen molar-refractivity contribution in [3.8, 4) is 5.88 Å². The van der Waals surface area contributed by atoms with Crippen molar-refractivity contribution in [2.24, 2.45) is 5.92 Å². The molecule has 4 heteroatoms. The molecular weight excluding hydrogens is 204 g/mol. The highest BCUT2D eigenvalue weighted by molar-refractivity contribution is 5.81. The third-order valence-electron chi connectivity index (χ3n) is 2.96. The molecule has 1 aliphatic rings. The molecule has 0 amide bonds. The number of rotatable bonds is 3. The van der Waals surface area contributed by atoms with E-state index in [0.717, 1.165) is 30.7 Å². The van der Waals surface area contributed by atoms with Crippen LogP contribution < -0.4 is 10.1 Å². The van der Waals surface area contributed by atoms with E-state index in [4.69, 9.17) is 9.15 Å². The maximum atomic E-state index is 5.75. The first kappa shape index (κ1) is 9.66. The Morgan fingerprint density at radius 3 is 3.38 bits per heavy atom. The van der Waals surface area contributed by atoms with Crippen molar-refractivity contribution in [2.45, 2.75) is 6.42 Å². The monoisotopic (exact) mass is 218 g/mol. The summed E-state index contributed by atoms with van der Waals surface area (Å²) in [5.41, 5.74) is 0.828. The third-order valence-corrected chi connectivity index (χ3v) is 2.96. The SMILES string of the molecule is c1cc2occc2c(OCC2CCNC2)n1. The Labute approximate surface area is 93.6 Å². The molecule has 0 aliphatic carbocycles. The lowest BCUT2D eigenvalue weighted by Crippen LogP contribution is -2.15. The Balaban J connectivity index is 1.75. The van der Waals surface area contributed by atoms with Gasteiger partial charge in [0, 0.05) is 18.7 Å². The van der Waals surface area contributed by atoms with E-state index in [2.05, 4.69) is 10.3 Å². The minimum atomic E-state index is 0.601. The first-order valence-corrected chi connectivity index (χ1v) is 5.59. The molecule has 2 aromatic heterocycles. The molecule has 0 bridgehead atoms. The Morgan fingerprint density at radius 2 is 2.50 bits per heavy atom. The quantitative estimate of drug-likeness (QED) is 0.853. The fourth-order valence-corrected chi connectivity index (χ4v) is 2.04. The molecule has 2 aromatic rings. The highest BCUT2D eigenvalue weighted by Crippen LogP contribution is 2.24. The molecular formula is C12H14N2O2. The summed E-state index contributed by atoms with van der Waals surface area (Å²) < 4.78 is 11.0. The first-order chi connectivity index (χ1) is 7.93. The number of nitrogens with zero attached hydrogens (tertiary/aromatic N) is 1. The van der Waals surface area contributed by atoms with Crippen LogP contribution in [0.5, 0.6) is 5.88 Å². The molecule has 1 fully saturated rings. The van der Waals surface area contributed by atoms with Crippen LogP contribution >= 0.6 is 0 Å². The standard InChI is InChI=1S/C12H14N2O2/c1-4-13-7-9(1)8-16-12-10-3-6-15-11(10)2-5-14-12/h2-3,5-6,9,13H,1,4,7-8H2. The van der Waals surface area contributed by atoms with Gasteiger partial charge >= 0.3 is 0 Å². The predicted molar refractivity (Wildman–Crippen MR) is 60.5 cm³/mol. The maximum Gasteiger partial charge on any atom is 0.224 e. The predicted octanol–water partition coefficient (Wildman–Crippen LogP) is 1.82. The minimum absolute atomic E-state index is 0.601. The summed E-state index contributed by atoms with van der Waals surface area (Å²) in [7, 11) is 0. The van der Waals surface area contributed by atoms with Crippen LogP contribution in [0.2, 0.25) is 0 Å². The number of ether oxygens (including phenoxy) is 1. The second-order valence-corrected chi connectivity index (χ2v) is 4.12. The van der Waals surface area contributed by atoms with E-state index in [9.17, 15) is 0 Å². The summed E-state index contributed by atoms with van der Waals surface area (Å²) >= 11 is 0. The number of aromatic nitrogens is 1. The molecule has 0 radical (unpaired) electrons. The van der Waals surface area contributed by atoms with Gasteiger partial charge in [-0.2, -0.15) is 0 Å². The summed E-state index contributed by atoms with van der Waals surface area (Å²) in [6.45, 7) is 2.86. The molecule has 0 saturated carbocycles. The van der Waals surface area contributed by atoms with Gasteiger partial charge in [0.1, 0.15) is 5.58 Å². The van der Waals surface area contributed by atoms with Crippen LogP contribution in [0.25, 0.3) is 11.0 Å². The number of fused-ring (bicyclic) bond motifs is 1. The summed E-state index contributed by atoms with van der Waals surface area (Å²) in [6.07, 6.45) is 4.56. The van der Waals surface area contributed by atoms with Gasteiger partial charge in [-0.15, -0.1) is 0 Å². The molecule has 1 N–H and O–H groups in total. The largest absolute Gasteiger partial charge is 0.477 e. The van der Waals surface area contributed by atoms with E-state index in [-0.39, 0.29) is 0 Å². The average molecular weight is 218 g/mol. The van der Waals surface area contributed by atoms with Gasteiger partial charge in [0.15, 0.2) is 0 Å². The molecule has 4 nitrogen and oxygen atoms in total. The van der Waals surface area contributed by atoms with Crippen LogP contribution in [0, 0.1) is 5.92 Å². The Hall–Kier alpha value is -1.55. The van der Waals surface area contributed by atoms with E-state index in [0.29, 0.717) is 11.8 Å². The van der Waals surface area contributed by atoms with E-state index >= 15 is 0 Å². The Morgan fingerprint density at radius 1 is 1.50 bits per heavy atom. The van der Waals surface area contributed by atoms with Crippen molar-refractivity contribution >= 4 is 11.0 Å². The lowest BCUT2D eigenvalue weighted by atomic mass is 10.1. The van der Waals surface area contributed by atoms with Gasteiger partial charge in [-0.1, -0.05) is 0 Å². The highest BCUT2D eigenvalue weighted by atomic mass is 16.5. The molecule has 3 heterocycles. The summed E-state index contributed by atoms with van der Waals surface area (Å²) in [4.78, 5) is 4.24. The minimum Gasteiger partial charge on any atom is -0.477 e. The Bertz CT molecular complexity index is 475. The van der Waals surface area contributed by atoms with Gasteiger partial charge in [-0.25, -0.2) is 4.98 Å². The van der Waals surface area contributed by atoms with Crippen molar-refractivity contribution in [1.82, 2.24) is 10.3 Å². The third kappa shape index (κ3) is 1.76. The molecule has 0 spiro atoms. The zero-order valence-electron chi connectivity index (χ0n) is 8.98. The fraction of sp³-hybridized carbons (Fsp3) is 0.417. The topological polar surface area (TPSA) is 47.3 Å². The van der Waals surface area contributed by atoms with Gasteiger partial charge in [-0.05, 0) is 25.1 Å². The number of hydrogen-bond acceptors (Lipinski definition) is 4. The van der Waals surface area contributed by atoms with Crippen LogP contribution in [-0.2, 0) is 0 Å². The molecule has 1 aliphatic heterocycles. The normalized spacial score (nSPS) is 20.4. The highest BCUT2D eigenvalue weighted by Gasteiger charge is 2.16. The number of furan rings is 1. The first-order valence-electron chi connectivity index (χ1n) is 5.59. The molecule has 1 unspecified atom stereocenters. The van der Waals surface area contributed by atoms with Crippen LogP contribution in [0.1, 0.15) is 6.42 Å². The smallest absolute Gasteiger partial charge is 0.224 e. The lowest BCUT2D eigenvalue weighted by Gasteiger charge is -2.10. The summed E-state index contributed by atoms with van der Waals surface area (Å²) in [5.74, 6) is 1.28. The Kier molecular flexibility index (Phi) is 2.50. The van der Waals surface area contributed by atoms with Gasteiger partial charge in [0.25, 0.3) is 0 Å². The summed E-state index contributed by atoms with van der Waals surface area (Å²) in [5, 5.41) is 4.27. The van der Waals surface area contributed by atoms with Gasteiger partial charge < -0.3 is 14.5 Å². The maximum absolute atomic E-state index is 5.75. The molecule has 16 heavy (non-hydrogen) atoms. The van der Waals surface area contributed by atoms with Gasteiger partial charge in [0.2, 0.25) is 5.88 Å². The van der Waals surface area contributed by atoms with Crippen LogP contribution in [0.15, 0.2) is 29.0 Å². The lowest BCUT2D eigenvalue weighted by molar-refractivity contribution is 0.254. The van der Waals surface area contributed by atoms with E-state index in [1.54, 1.807) is 12.5 Å². The van der Waals surface area contributed by atoms with Crippen LogP contribution in [0.4, 0.5) is 0 Å². The molecule has 1 atom stereocenters. The van der Waals surface area contributed by atoms with Gasteiger partial charge in [-0.3, -0.25) is 0 Å². The van der Waals surface area contributed by atoms with Gasteiger partial charge in [0.05, 0.1) is 18.3 Å². The molecule has 0 aromatic carbocycles. The van der Waals surface area contributed by atoms with Crippen molar-refractivity contribution in [3.05, 3.63) is 24.6 Å². The van der Waals surface area contributed by atoms with Crippen molar-refractivity contribution in [1.29, 1.82) is 0 Å². The summed E-state index contributed by atoms with van der Waals surface area (Å²) in [6, 6.07) is 3.74. The van der Waals surface area contributed by atoms with Crippen LogP contribution in [-0.4, -0.2) is 24.7 Å². The number of nitrogens with one attached hydrogen (secondary N) is 1. The zero-order valence-corrected chi connectivity index (χ0v) is 8.98. The van der Waals surface area contributed by atoms with Crippen molar-refractivity contribution in [3.63, 3.8) is 0 Å². The van der Waals surface area contributed by atoms with E-state index in [1.165, 1.54) is 6.42 Å². The molecule has 84 valence electrons. The second kappa shape index (κ2) is 4.14. The molecule has 3 rings (SSSR count). The average Bonchev–Trinajstić information content (AvgIpc) is 2.97. The van der Waals surface area contributed by atoms with Crippen molar-refractivity contribution in [2.75, 3.05) is 19.7 Å². The number of pyridine rings is 1. The van der Waals surface area contributed by atoms with E-state index < -0.39 is 0 Å². The zero-order chi connectivity index (χ0) is 10.8. The number of hydrogen-bond donors (Lipinski definition) is 1. The molecule has 1 saturated heterocycles.